The van der Waals surface area contributed by atoms with Crippen molar-refractivity contribution >= 4 is 0 Å². The van der Waals surface area contributed by atoms with Gasteiger partial charge in [0.05, 0.1) is 0 Å². The fraction of sp³-hybridized carbons (Fsp3) is 0.143. The number of halogens is 6. The molecule has 3 nitrogen and oxygen atoms in total. The van der Waals surface area contributed by atoms with E-state index in [4.69, 9.17) is 0 Å². The molecule has 0 radical (unpaired) electrons. The monoisotopic (exact) mass is 338 g/mol. The summed E-state index contributed by atoms with van der Waals surface area (Å²) in [5.74, 6) is -1.78. The van der Waals surface area contributed by atoms with Gasteiger partial charge in [0.2, 0.25) is 0 Å². The van der Waals surface area contributed by atoms with Crippen molar-refractivity contribution in [3.63, 3.8) is 0 Å². The largest absolute Gasteiger partial charge is 0.573 e. The number of hydrogen-bond donors (Lipinski definition) is 1. The second-order valence-electron chi connectivity index (χ2n) is 4.34. The third-order valence-electron chi connectivity index (χ3n) is 2.53. The van der Waals surface area contributed by atoms with Crippen LogP contribution in [0.2, 0.25) is 0 Å². The van der Waals surface area contributed by atoms with Crippen LogP contribution in [-0.4, -0.2) is 17.8 Å². The van der Waals surface area contributed by atoms with Crippen molar-refractivity contribution in [1.29, 1.82) is 0 Å². The van der Waals surface area contributed by atoms with Crippen LogP contribution in [0.4, 0.5) is 26.3 Å². The second-order valence-corrected chi connectivity index (χ2v) is 4.34. The van der Waals surface area contributed by atoms with Crippen LogP contribution < -0.4 is 9.47 Å². The van der Waals surface area contributed by atoms with Crippen LogP contribution in [0.25, 0.3) is 11.1 Å². The lowest BCUT2D eigenvalue weighted by Gasteiger charge is -2.12. The summed E-state index contributed by atoms with van der Waals surface area (Å²) in [4.78, 5) is 0. The molecule has 0 heterocycles. The zero-order valence-electron chi connectivity index (χ0n) is 11.1. The van der Waals surface area contributed by atoms with Crippen LogP contribution in [0.15, 0.2) is 42.5 Å². The number of alkyl halides is 6. The molecule has 23 heavy (non-hydrogen) atoms. The summed E-state index contributed by atoms with van der Waals surface area (Å²) >= 11 is 0. The van der Waals surface area contributed by atoms with Gasteiger partial charge in [0.25, 0.3) is 0 Å². The van der Waals surface area contributed by atoms with Crippen molar-refractivity contribution in [2.45, 2.75) is 12.7 Å². The van der Waals surface area contributed by atoms with Gasteiger partial charge < -0.3 is 14.6 Å². The Labute approximate surface area is 125 Å². The Morgan fingerprint density at radius 1 is 0.696 bits per heavy atom. The molecule has 0 fully saturated rings. The molecule has 0 aromatic heterocycles. The molecule has 124 valence electrons. The summed E-state index contributed by atoms with van der Waals surface area (Å²) in [5, 5.41) is 9.45. The Hall–Kier alpha value is -2.58. The van der Waals surface area contributed by atoms with Gasteiger partial charge in [-0.05, 0) is 35.4 Å². The highest BCUT2D eigenvalue weighted by molar-refractivity contribution is 5.68. The van der Waals surface area contributed by atoms with Gasteiger partial charge in [0.1, 0.15) is 17.2 Å². The van der Waals surface area contributed by atoms with Crippen molar-refractivity contribution in [1.82, 2.24) is 0 Å². The summed E-state index contributed by atoms with van der Waals surface area (Å²) in [6, 6.07) is 7.32. The molecule has 1 N–H and O–H groups in total. The number of rotatable bonds is 3. The summed E-state index contributed by atoms with van der Waals surface area (Å²) in [7, 11) is 0. The number of ether oxygens (including phenoxy) is 2. The lowest BCUT2D eigenvalue weighted by molar-refractivity contribution is -0.275. The predicted octanol–water partition coefficient (Wildman–Crippen LogP) is 4.86. The smallest absolute Gasteiger partial charge is 0.508 e. The average Bonchev–Trinajstić information content (AvgIpc) is 2.34. The molecule has 2 aromatic rings. The highest BCUT2D eigenvalue weighted by Gasteiger charge is 2.32. The van der Waals surface area contributed by atoms with Gasteiger partial charge in [-0.3, -0.25) is 0 Å². The van der Waals surface area contributed by atoms with E-state index in [2.05, 4.69) is 9.47 Å². The van der Waals surface area contributed by atoms with Crippen molar-refractivity contribution in [2.24, 2.45) is 0 Å². The van der Waals surface area contributed by atoms with Crippen molar-refractivity contribution in [3.05, 3.63) is 42.5 Å². The van der Waals surface area contributed by atoms with Crippen LogP contribution in [0.1, 0.15) is 0 Å². The minimum absolute atomic E-state index is 0.0249. The van der Waals surface area contributed by atoms with E-state index in [0.29, 0.717) is 0 Å². The Kier molecular flexibility index (Phi) is 4.31. The highest BCUT2D eigenvalue weighted by Crippen LogP contribution is 2.34. The topological polar surface area (TPSA) is 38.7 Å². The second kappa shape index (κ2) is 5.90. The number of phenols is 1. The molecule has 0 amide bonds. The standard InChI is InChI=1S/C14H8F6O3/c15-13(16,17)22-11-3-1-2-8(5-11)9-4-10(21)7-12(6-9)23-14(18,19)20/h1-7,21H. The Balaban J connectivity index is 2.36. The molecule has 2 aromatic carbocycles. The van der Waals surface area contributed by atoms with E-state index in [-0.39, 0.29) is 11.1 Å². The van der Waals surface area contributed by atoms with E-state index in [1.165, 1.54) is 12.1 Å². The van der Waals surface area contributed by atoms with Crippen LogP contribution in [0, 0.1) is 0 Å². The molecule has 9 heteroatoms. The van der Waals surface area contributed by atoms with E-state index in [9.17, 15) is 31.4 Å². The molecule has 2 rings (SSSR count). The first-order chi connectivity index (χ1) is 10.5. The van der Waals surface area contributed by atoms with Gasteiger partial charge in [-0.1, -0.05) is 12.1 Å². The van der Waals surface area contributed by atoms with Gasteiger partial charge in [-0.15, -0.1) is 26.3 Å². The average molecular weight is 338 g/mol. The predicted molar refractivity (Wildman–Crippen MR) is 66.9 cm³/mol. The zero-order chi connectivity index (χ0) is 17.3. The van der Waals surface area contributed by atoms with Gasteiger partial charge in [-0.25, -0.2) is 0 Å². The summed E-state index contributed by atoms with van der Waals surface area (Å²) in [6.45, 7) is 0. The van der Waals surface area contributed by atoms with Crippen LogP contribution in [0.5, 0.6) is 17.2 Å². The molecule has 0 unspecified atom stereocenters. The van der Waals surface area contributed by atoms with E-state index < -0.39 is 30.0 Å². The fourth-order valence-corrected chi connectivity index (χ4v) is 1.82. The van der Waals surface area contributed by atoms with E-state index in [0.717, 1.165) is 30.3 Å². The number of hydrogen-bond acceptors (Lipinski definition) is 3. The first kappa shape index (κ1) is 16.8. The number of benzene rings is 2. The quantitative estimate of drug-likeness (QED) is 0.813. The van der Waals surface area contributed by atoms with Gasteiger partial charge >= 0.3 is 12.7 Å². The van der Waals surface area contributed by atoms with E-state index in [1.54, 1.807) is 0 Å². The lowest BCUT2D eigenvalue weighted by atomic mass is 10.0. The van der Waals surface area contributed by atoms with Crippen LogP contribution in [-0.2, 0) is 0 Å². The maximum absolute atomic E-state index is 12.2. The zero-order valence-corrected chi connectivity index (χ0v) is 11.1. The van der Waals surface area contributed by atoms with E-state index >= 15 is 0 Å². The summed E-state index contributed by atoms with van der Waals surface area (Å²) < 4.78 is 80.6. The van der Waals surface area contributed by atoms with Gasteiger partial charge in [0, 0.05) is 6.07 Å². The van der Waals surface area contributed by atoms with Gasteiger partial charge in [0.15, 0.2) is 0 Å². The lowest BCUT2D eigenvalue weighted by Crippen LogP contribution is -2.17. The molecule has 0 saturated heterocycles. The fourth-order valence-electron chi connectivity index (χ4n) is 1.82. The first-order valence-corrected chi connectivity index (χ1v) is 5.98. The molecule has 0 aliphatic heterocycles. The van der Waals surface area contributed by atoms with Gasteiger partial charge in [-0.2, -0.15) is 0 Å². The maximum Gasteiger partial charge on any atom is 0.573 e. The summed E-state index contributed by atoms with van der Waals surface area (Å²) in [5.41, 5.74) is 0.131. The van der Waals surface area contributed by atoms with E-state index in [1.807, 2.05) is 0 Å². The molecule has 0 atom stereocenters. The Bertz CT molecular complexity index is 694. The third-order valence-corrected chi connectivity index (χ3v) is 2.53. The van der Waals surface area contributed by atoms with Crippen molar-refractivity contribution in [2.75, 3.05) is 0 Å². The minimum atomic E-state index is -4.97. The third kappa shape index (κ3) is 5.28. The number of phenolic OH excluding ortho intramolecular Hbond substituents is 1. The molecule has 0 aliphatic carbocycles. The molecule has 0 saturated carbocycles. The Morgan fingerprint density at radius 3 is 1.87 bits per heavy atom. The SMILES string of the molecule is Oc1cc(OC(F)(F)F)cc(-c2cccc(OC(F)(F)F)c2)c1. The molecule has 0 aliphatic rings. The molecule has 0 spiro atoms. The first-order valence-electron chi connectivity index (χ1n) is 5.98. The maximum atomic E-state index is 12.2. The van der Waals surface area contributed by atoms with Crippen molar-refractivity contribution < 1.29 is 40.9 Å². The molecular formula is C14H8F6O3. The number of aromatic hydroxyl groups is 1. The van der Waals surface area contributed by atoms with Crippen molar-refractivity contribution in [3.8, 4) is 28.4 Å². The minimum Gasteiger partial charge on any atom is -0.508 e. The molecule has 0 bridgehead atoms. The normalized spacial score (nSPS) is 12.1. The van der Waals surface area contributed by atoms with Crippen LogP contribution >= 0.6 is 0 Å². The van der Waals surface area contributed by atoms with Crippen LogP contribution in [0.3, 0.4) is 0 Å². The Morgan fingerprint density at radius 2 is 1.26 bits per heavy atom. The highest BCUT2D eigenvalue weighted by atomic mass is 19.4. The molecular weight excluding hydrogens is 330 g/mol. The summed E-state index contributed by atoms with van der Waals surface area (Å²) in [6.07, 6.45) is -9.87.